The van der Waals surface area contributed by atoms with E-state index >= 15 is 0 Å². The highest BCUT2D eigenvalue weighted by molar-refractivity contribution is 7.22. The highest BCUT2D eigenvalue weighted by Gasteiger charge is 2.29. The summed E-state index contributed by atoms with van der Waals surface area (Å²) >= 11 is 7.68. The number of hydrogen-bond donors (Lipinski definition) is 1. The van der Waals surface area contributed by atoms with Gasteiger partial charge in [0.15, 0.2) is 5.13 Å². The number of ether oxygens (including phenoxy) is 1. The zero-order valence-corrected chi connectivity index (χ0v) is 14.0. The molecule has 3 heterocycles. The molecule has 23 heavy (non-hydrogen) atoms. The minimum absolute atomic E-state index is 0.277. The first-order valence-corrected chi connectivity index (χ1v) is 8.77. The number of aromatic nitrogens is 2. The number of pyridine rings is 1. The minimum atomic E-state index is 0.277. The summed E-state index contributed by atoms with van der Waals surface area (Å²) in [6.07, 6.45) is 4.66. The maximum atomic E-state index is 6.05. The molecule has 2 aromatic heterocycles. The summed E-state index contributed by atoms with van der Waals surface area (Å²) in [6, 6.07) is 10.2. The molecule has 0 amide bonds. The van der Waals surface area contributed by atoms with Crippen molar-refractivity contribution in [3.63, 3.8) is 0 Å². The smallest absolute Gasteiger partial charge is 0.184 e. The average Bonchev–Trinajstić information content (AvgIpc) is 3.15. The van der Waals surface area contributed by atoms with Crippen molar-refractivity contribution in [3.05, 3.63) is 53.3 Å². The lowest BCUT2D eigenvalue weighted by atomic mass is 9.95. The average molecular weight is 346 g/mol. The van der Waals surface area contributed by atoms with Gasteiger partial charge in [-0.1, -0.05) is 22.9 Å². The number of thiazole rings is 1. The normalized spacial score (nSPS) is 20.9. The molecule has 4 nitrogen and oxygen atoms in total. The zero-order valence-electron chi connectivity index (χ0n) is 12.4. The highest BCUT2D eigenvalue weighted by atomic mass is 35.5. The second-order valence-corrected chi connectivity index (χ2v) is 7.21. The topological polar surface area (TPSA) is 47.0 Å². The Kier molecular flexibility index (Phi) is 4.16. The molecule has 118 valence electrons. The lowest BCUT2D eigenvalue weighted by Crippen LogP contribution is -2.29. The third-order valence-corrected chi connectivity index (χ3v) is 5.29. The largest absolute Gasteiger partial charge is 0.379 e. The summed E-state index contributed by atoms with van der Waals surface area (Å²) in [5.74, 6) is 0.438. The molecule has 0 radical (unpaired) electrons. The predicted molar refractivity (Wildman–Crippen MR) is 94.3 cm³/mol. The molecule has 1 saturated heterocycles. The van der Waals surface area contributed by atoms with Gasteiger partial charge >= 0.3 is 0 Å². The monoisotopic (exact) mass is 345 g/mol. The van der Waals surface area contributed by atoms with Crippen LogP contribution in [0.4, 0.5) is 5.13 Å². The van der Waals surface area contributed by atoms with Crippen LogP contribution in [0.3, 0.4) is 0 Å². The Bertz CT molecular complexity index is 808. The molecule has 1 N–H and O–H groups in total. The van der Waals surface area contributed by atoms with Crippen LogP contribution in [0.15, 0.2) is 42.7 Å². The molecule has 1 aromatic carbocycles. The Morgan fingerprint density at radius 3 is 2.96 bits per heavy atom. The SMILES string of the molecule is Clc1ccc2nc(N[C@H]3COC[C@H]3Cc3ccncc3)sc2c1. The summed E-state index contributed by atoms with van der Waals surface area (Å²) < 4.78 is 6.79. The minimum Gasteiger partial charge on any atom is -0.379 e. The van der Waals surface area contributed by atoms with E-state index in [2.05, 4.69) is 27.4 Å². The van der Waals surface area contributed by atoms with Gasteiger partial charge in [-0.05, 0) is 42.3 Å². The van der Waals surface area contributed by atoms with E-state index < -0.39 is 0 Å². The lowest BCUT2D eigenvalue weighted by molar-refractivity contribution is 0.185. The molecule has 0 saturated carbocycles. The van der Waals surface area contributed by atoms with Gasteiger partial charge < -0.3 is 10.1 Å². The van der Waals surface area contributed by atoms with Crippen LogP contribution >= 0.6 is 22.9 Å². The fraction of sp³-hybridized carbons (Fsp3) is 0.294. The van der Waals surface area contributed by atoms with E-state index in [0.717, 1.165) is 33.4 Å². The van der Waals surface area contributed by atoms with Gasteiger partial charge in [-0.15, -0.1) is 0 Å². The number of nitrogens with zero attached hydrogens (tertiary/aromatic N) is 2. The van der Waals surface area contributed by atoms with E-state index in [-0.39, 0.29) is 6.04 Å². The summed E-state index contributed by atoms with van der Waals surface area (Å²) in [6.45, 7) is 1.49. The number of rotatable bonds is 4. The van der Waals surface area contributed by atoms with E-state index in [0.29, 0.717) is 12.5 Å². The molecule has 0 aliphatic carbocycles. The van der Waals surface area contributed by atoms with Crippen LogP contribution in [-0.4, -0.2) is 29.2 Å². The molecule has 1 fully saturated rings. The van der Waals surface area contributed by atoms with Crippen LogP contribution in [0.2, 0.25) is 5.02 Å². The molecule has 1 aliphatic rings. The van der Waals surface area contributed by atoms with E-state index in [1.807, 2.05) is 30.6 Å². The molecular weight excluding hydrogens is 330 g/mol. The third kappa shape index (κ3) is 3.32. The van der Waals surface area contributed by atoms with Gasteiger partial charge in [0.2, 0.25) is 0 Å². The number of benzene rings is 1. The van der Waals surface area contributed by atoms with Gasteiger partial charge in [0.25, 0.3) is 0 Å². The number of fused-ring (bicyclic) bond motifs is 1. The van der Waals surface area contributed by atoms with Crippen molar-refractivity contribution >= 4 is 38.3 Å². The highest BCUT2D eigenvalue weighted by Crippen LogP contribution is 2.30. The quantitative estimate of drug-likeness (QED) is 0.776. The molecule has 1 aliphatic heterocycles. The molecule has 0 bridgehead atoms. The Morgan fingerprint density at radius 2 is 2.09 bits per heavy atom. The van der Waals surface area contributed by atoms with Gasteiger partial charge in [-0.3, -0.25) is 4.98 Å². The van der Waals surface area contributed by atoms with Crippen molar-refractivity contribution < 1.29 is 4.74 Å². The fourth-order valence-corrected chi connectivity index (χ4v) is 4.10. The number of nitrogens with one attached hydrogen (secondary N) is 1. The summed E-state index contributed by atoms with van der Waals surface area (Å²) in [7, 11) is 0. The van der Waals surface area contributed by atoms with Crippen LogP contribution in [0.25, 0.3) is 10.2 Å². The van der Waals surface area contributed by atoms with Crippen molar-refractivity contribution in [2.75, 3.05) is 18.5 Å². The zero-order chi connectivity index (χ0) is 15.6. The Labute approximate surface area is 143 Å². The van der Waals surface area contributed by atoms with Crippen molar-refractivity contribution in [3.8, 4) is 0 Å². The molecule has 4 rings (SSSR count). The molecule has 0 spiro atoms. The number of anilines is 1. The molecule has 3 aromatic rings. The Hall–Kier alpha value is -1.69. The Morgan fingerprint density at radius 1 is 1.22 bits per heavy atom. The maximum absolute atomic E-state index is 6.05. The molecule has 6 heteroatoms. The molecule has 0 unspecified atom stereocenters. The number of halogens is 1. The second-order valence-electron chi connectivity index (χ2n) is 5.74. The van der Waals surface area contributed by atoms with Crippen LogP contribution in [0.5, 0.6) is 0 Å². The first-order valence-electron chi connectivity index (χ1n) is 7.57. The summed E-state index contributed by atoms with van der Waals surface area (Å²) in [5.41, 5.74) is 2.27. The number of hydrogen-bond acceptors (Lipinski definition) is 5. The van der Waals surface area contributed by atoms with E-state index in [1.165, 1.54) is 5.56 Å². The van der Waals surface area contributed by atoms with Gasteiger partial charge in [-0.25, -0.2) is 4.98 Å². The molecule has 2 atom stereocenters. The first-order chi connectivity index (χ1) is 11.3. The van der Waals surface area contributed by atoms with Gasteiger partial charge in [0.1, 0.15) is 0 Å². The van der Waals surface area contributed by atoms with Crippen LogP contribution in [0, 0.1) is 5.92 Å². The second kappa shape index (κ2) is 6.43. The molecular formula is C17H16ClN3OS. The predicted octanol–water partition coefficient (Wildman–Crippen LogP) is 4.01. The van der Waals surface area contributed by atoms with E-state index in [1.54, 1.807) is 11.3 Å². The van der Waals surface area contributed by atoms with Crippen molar-refractivity contribution in [2.45, 2.75) is 12.5 Å². The Balaban J connectivity index is 1.50. The maximum Gasteiger partial charge on any atom is 0.184 e. The summed E-state index contributed by atoms with van der Waals surface area (Å²) in [4.78, 5) is 8.71. The van der Waals surface area contributed by atoms with Crippen LogP contribution in [-0.2, 0) is 11.2 Å². The fourth-order valence-electron chi connectivity index (χ4n) is 2.90. The lowest BCUT2D eigenvalue weighted by Gasteiger charge is -2.18. The van der Waals surface area contributed by atoms with Gasteiger partial charge in [0.05, 0.1) is 29.5 Å². The first kappa shape index (κ1) is 14.9. The van der Waals surface area contributed by atoms with Crippen molar-refractivity contribution in [1.29, 1.82) is 0 Å². The third-order valence-electron chi connectivity index (χ3n) is 4.10. The van der Waals surface area contributed by atoms with Crippen molar-refractivity contribution in [2.24, 2.45) is 5.92 Å². The standard InChI is InChI=1S/C17H16ClN3OS/c18-13-1-2-14-16(8-13)23-17(20-14)21-15-10-22-9-12(15)7-11-3-5-19-6-4-11/h1-6,8,12,15H,7,9-10H2,(H,20,21)/t12-,15+/m1/s1. The van der Waals surface area contributed by atoms with E-state index in [9.17, 15) is 0 Å². The van der Waals surface area contributed by atoms with Gasteiger partial charge in [0, 0.05) is 23.3 Å². The van der Waals surface area contributed by atoms with E-state index in [4.69, 9.17) is 16.3 Å². The summed E-state index contributed by atoms with van der Waals surface area (Å²) in [5, 5.41) is 5.22. The van der Waals surface area contributed by atoms with Crippen molar-refractivity contribution in [1.82, 2.24) is 9.97 Å². The van der Waals surface area contributed by atoms with Gasteiger partial charge in [-0.2, -0.15) is 0 Å². The van der Waals surface area contributed by atoms with Crippen LogP contribution in [0.1, 0.15) is 5.56 Å². The van der Waals surface area contributed by atoms with Crippen LogP contribution < -0.4 is 5.32 Å².